The van der Waals surface area contributed by atoms with Crippen LogP contribution in [-0.2, 0) is 0 Å². The molecule has 1 atom stereocenters. The van der Waals surface area contributed by atoms with E-state index in [1.54, 1.807) is 12.1 Å². The molecule has 1 aromatic heterocycles. The van der Waals surface area contributed by atoms with E-state index in [-0.39, 0.29) is 12.4 Å². The number of ether oxygens (including phenoxy) is 3. The highest BCUT2D eigenvalue weighted by Crippen LogP contribution is 2.33. The first-order valence-corrected chi connectivity index (χ1v) is 10.2. The predicted molar refractivity (Wildman–Crippen MR) is 120 cm³/mol. The molecular weight excluding hydrogens is 396 g/mol. The van der Waals surface area contributed by atoms with E-state index in [1.165, 1.54) is 13.2 Å². The molecule has 7 nitrogen and oxygen atoms in total. The highest BCUT2D eigenvalue weighted by molar-refractivity contribution is 6.10. The van der Waals surface area contributed by atoms with Crippen LogP contribution in [0.15, 0.2) is 60.7 Å². The molecule has 3 aromatic carbocycles. The number of aliphatic hydroxyl groups is 1. The summed E-state index contributed by atoms with van der Waals surface area (Å²) in [6.45, 7) is 1.49. The summed E-state index contributed by atoms with van der Waals surface area (Å²) in [5.74, 6) is 1.89. The van der Waals surface area contributed by atoms with E-state index >= 15 is 0 Å². The van der Waals surface area contributed by atoms with Crippen LogP contribution in [0.25, 0.3) is 21.8 Å². The van der Waals surface area contributed by atoms with Crippen molar-refractivity contribution in [2.45, 2.75) is 6.10 Å². The molecule has 0 aliphatic carbocycles. The summed E-state index contributed by atoms with van der Waals surface area (Å²) in [7, 11) is 1.52. The lowest BCUT2D eigenvalue weighted by Gasteiger charge is -2.15. The predicted octanol–water partition coefficient (Wildman–Crippen LogP) is 3.44. The van der Waals surface area contributed by atoms with Crippen molar-refractivity contribution in [3.8, 4) is 23.0 Å². The second kappa shape index (κ2) is 9.59. The maximum Gasteiger partial charge on any atom is 0.164 e. The van der Waals surface area contributed by atoms with Gasteiger partial charge in [-0.15, -0.1) is 0 Å². The number of phenols is 1. The second-order valence-electron chi connectivity index (χ2n) is 7.20. The van der Waals surface area contributed by atoms with Gasteiger partial charge in [-0.25, -0.2) is 0 Å². The Balaban J connectivity index is 1.25. The first kappa shape index (κ1) is 20.8. The Morgan fingerprint density at radius 2 is 1.77 bits per heavy atom. The zero-order valence-corrected chi connectivity index (χ0v) is 17.3. The van der Waals surface area contributed by atoms with Crippen LogP contribution in [0.4, 0.5) is 0 Å². The molecule has 31 heavy (non-hydrogen) atoms. The molecule has 4 aromatic rings. The number of phenolic OH excluding ortho intramolecular Hbond substituents is 1. The summed E-state index contributed by atoms with van der Waals surface area (Å²) in [5, 5.41) is 25.0. The zero-order valence-electron chi connectivity index (χ0n) is 17.3. The number of aromatic hydroxyl groups is 1. The topological polar surface area (TPSA) is 96.0 Å². The minimum Gasteiger partial charge on any atom is -0.508 e. The minimum absolute atomic E-state index is 0.119. The highest BCUT2D eigenvalue weighted by atomic mass is 16.5. The van der Waals surface area contributed by atoms with E-state index < -0.39 is 6.10 Å². The third-order valence-corrected chi connectivity index (χ3v) is 4.99. The number of fused-ring (bicyclic) bond motifs is 3. The molecule has 0 bridgehead atoms. The maximum absolute atomic E-state index is 10.3. The zero-order chi connectivity index (χ0) is 21.6. The lowest BCUT2D eigenvalue weighted by molar-refractivity contribution is 0.106. The molecule has 4 N–H and O–H groups in total. The molecule has 0 aliphatic heterocycles. The molecule has 0 fully saturated rings. The van der Waals surface area contributed by atoms with E-state index in [1.807, 2.05) is 36.4 Å². The first-order valence-electron chi connectivity index (χ1n) is 10.2. The van der Waals surface area contributed by atoms with Crippen LogP contribution in [0, 0.1) is 0 Å². The van der Waals surface area contributed by atoms with Crippen LogP contribution in [0.5, 0.6) is 23.0 Å². The summed E-state index contributed by atoms with van der Waals surface area (Å²) < 4.78 is 16.8. The van der Waals surface area contributed by atoms with Gasteiger partial charge in [0.25, 0.3) is 0 Å². The molecule has 1 heterocycles. The molecule has 0 saturated heterocycles. The summed E-state index contributed by atoms with van der Waals surface area (Å²) in [6, 6.07) is 18.7. The average molecular weight is 422 g/mol. The fourth-order valence-corrected chi connectivity index (χ4v) is 3.51. The van der Waals surface area contributed by atoms with Gasteiger partial charge in [0.05, 0.1) is 12.6 Å². The van der Waals surface area contributed by atoms with Crippen molar-refractivity contribution in [1.29, 1.82) is 0 Å². The summed E-state index contributed by atoms with van der Waals surface area (Å²) in [4.78, 5) is 3.39. The standard InChI is InChI=1S/C24H26N2O5/c1-29-23-13-16(27)9-10-21(23)30-12-11-25-14-17(28)15-31-22-8-4-7-20-24(22)18-5-2-3-6-19(18)26-20/h2-10,13,17,25-28H,11-12,14-15H2,1H3/t17-/m0/s1. The van der Waals surface area contributed by atoms with Gasteiger partial charge in [0.1, 0.15) is 30.8 Å². The second-order valence-corrected chi connectivity index (χ2v) is 7.20. The summed E-state index contributed by atoms with van der Waals surface area (Å²) in [6.07, 6.45) is -0.663. The number of hydrogen-bond donors (Lipinski definition) is 4. The molecule has 0 amide bonds. The van der Waals surface area contributed by atoms with Crippen molar-refractivity contribution in [2.75, 3.05) is 33.4 Å². The lowest BCUT2D eigenvalue weighted by atomic mass is 10.1. The number of aliphatic hydroxyl groups excluding tert-OH is 1. The molecule has 0 unspecified atom stereocenters. The van der Waals surface area contributed by atoms with Crippen LogP contribution in [0.2, 0.25) is 0 Å². The van der Waals surface area contributed by atoms with Crippen molar-refractivity contribution in [2.24, 2.45) is 0 Å². The molecule has 7 heteroatoms. The van der Waals surface area contributed by atoms with Gasteiger partial charge >= 0.3 is 0 Å². The average Bonchev–Trinajstić information content (AvgIpc) is 3.17. The molecule has 0 spiro atoms. The lowest BCUT2D eigenvalue weighted by Crippen LogP contribution is -2.33. The Kier molecular flexibility index (Phi) is 6.45. The van der Waals surface area contributed by atoms with E-state index in [2.05, 4.69) is 16.4 Å². The summed E-state index contributed by atoms with van der Waals surface area (Å²) >= 11 is 0. The summed E-state index contributed by atoms with van der Waals surface area (Å²) in [5.41, 5.74) is 2.06. The number of rotatable bonds is 10. The quantitative estimate of drug-likeness (QED) is 0.293. The van der Waals surface area contributed by atoms with Crippen LogP contribution < -0.4 is 19.5 Å². The van der Waals surface area contributed by atoms with Gasteiger partial charge in [0.2, 0.25) is 0 Å². The smallest absolute Gasteiger partial charge is 0.164 e. The van der Waals surface area contributed by atoms with Gasteiger partial charge in [0, 0.05) is 35.4 Å². The number of benzene rings is 3. The van der Waals surface area contributed by atoms with Crippen LogP contribution in [0.3, 0.4) is 0 Å². The highest BCUT2D eigenvalue weighted by Gasteiger charge is 2.11. The molecule has 4 rings (SSSR count). The van der Waals surface area contributed by atoms with E-state index in [0.717, 1.165) is 27.6 Å². The van der Waals surface area contributed by atoms with Gasteiger partial charge in [-0.05, 0) is 30.3 Å². The number of aromatic amines is 1. The Morgan fingerprint density at radius 3 is 2.65 bits per heavy atom. The number of hydrogen-bond acceptors (Lipinski definition) is 6. The Labute approximate surface area is 180 Å². The monoisotopic (exact) mass is 422 g/mol. The van der Waals surface area contributed by atoms with Crippen molar-refractivity contribution >= 4 is 21.8 Å². The number of para-hydroxylation sites is 1. The first-order chi connectivity index (χ1) is 15.2. The molecular formula is C24H26N2O5. The van der Waals surface area contributed by atoms with Crippen LogP contribution >= 0.6 is 0 Å². The molecule has 162 valence electrons. The SMILES string of the molecule is COc1cc(O)ccc1OCCNC[C@H](O)COc1cccc2[nH]c3ccccc3c12. The van der Waals surface area contributed by atoms with Crippen molar-refractivity contribution in [3.63, 3.8) is 0 Å². The van der Waals surface area contributed by atoms with Crippen molar-refractivity contribution in [3.05, 3.63) is 60.7 Å². The molecule has 0 aliphatic rings. The van der Waals surface area contributed by atoms with Crippen LogP contribution in [-0.4, -0.2) is 54.7 Å². The largest absolute Gasteiger partial charge is 0.508 e. The third-order valence-electron chi connectivity index (χ3n) is 4.99. The van der Waals surface area contributed by atoms with Gasteiger partial charge in [0.15, 0.2) is 11.5 Å². The van der Waals surface area contributed by atoms with E-state index in [4.69, 9.17) is 14.2 Å². The maximum atomic E-state index is 10.3. The number of H-pyrrole nitrogens is 1. The van der Waals surface area contributed by atoms with Gasteiger partial charge < -0.3 is 34.7 Å². The fraction of sp³-hybridized carbons (Fsp3) is 0.250. The van der Waals surface area contributed by atoms with Crippen LogP contribution in [0.1, 0.15) is 0 Å². The molecule has 0 saturated carbocycles. The Bertz CT molecular complexity index is 1160. The van der Waals surface area contributed by atoms with Gasteiger partial charge in [-0.1, -0.05) is 24.3 Å². The number of methoxy groups -OCH3 is 1. The number of aromatic nitrogens is 1. The van der Waals surface area contributed by atoms with Gasteiger partial charge in [-0.2, -0.15) is 0 Å². The fourth-order valence-electron chi connectivity index (χ4n) is 3.51. The van der Waals surface area contributed by atoms with Crippen molar-refractivity contribution < 1.29 is 24.4 Å². The third kappa shape index (κ3) is 4.84. The van der Waals surface area contributed by atoms with E-state index in [9.17, 15) is 10.2 Å². The van der Waals surface area contributed by atoms with Gasteiger partial charge in [-0.3, -0.25) is 0 Å². The van der Waals surface area contributed by atoms with Crippen molar-refractivity contribution in [1.82, 2.24) is 10.3 Å². The molecule has 0 radical (unpaired) electrons. The minimum atomic E-state index is -0.663. The number of nitrogens with one attached hydrogen (secondary N) is 2. The van der Waals surface area contributed by atoms with E-state index in [0.29, 0.717) is 31.2 Å². The normalized spacial score (nSPS) is 12.2. The Hall–Kier alpha value is -3.42. The Morgan fingerprint density at radius 1 is 0.935 bits per heavy atom.